The highest BCUT2D eigenvalue weighted by molar-refractivity contribution is 6.32. The number of nitrogens with zero attached hydrogens (tertiary/aromatic N) is 2. The van der Waals surface area contributed by atoms with E-state index >= 15 is 0 Å². The number of piperidine rings is 1. The smallest absolute Gasteiger partial charge is 0.317 e. The van der Waals surface area contributed by atoms with Gasteiger partial charge in [-0.05, 0) is 62.9 Å². The molecular formula is C23H31ClN4O2. The van der Waals surface area contributed by atoms with E-state index in [0.717, 1.165) is 49.7 Å². The average molecular weight is 431 g/mol. The molecule has 0 radical (unpaired) electrons. The summed E-state index contributed by atoms with van der Waals surface area (Å²) >= 11 is 6.56. The number of likely N-dealkylation sites (tertiary alicyclic amines) is 1. The van der Waals surface area contributed by atoms with E-state index in [1.807, 2.05) is 30.9 Å². The topological polar surface area (TPSA) is 68.4 Å². The Hall–Kier alpha value is -2.05. The molecule has 1 aliphatic heterocycles. The number of nitrogens with one attached hydrogen (secondary N) is 2. The lowest BCUT2D eigenvalue weighted by Gasteiger charge is -2.47. The van der Waals surface area contributed by atoms with Crippen LogP contribution < -0.4 is 5.32 Å². The number of amides is 2. The van der Waals surface area contributed by atoms with Gasteiger partial charge in [0.1, 0.15) is 11.4 Å². The van der Waals surface area contributed by atoms with Gasteiger partial charge in [0, 0.05) is 54.1 Å². The molecule has 0 bridgehead atoms. The van der Waals surface area contributed by atoms with Crippen molar-refractivity contribution in [2.45, 2.75) is 58.0 Å². The lowest BCUT2D eigenvalue weighted by molar-refractivity contribution is 0.0979. The predicted octanol–water partition coefficient (Wildman–Crippen LogP) is 4.18. The van der Waals surface area contributed by atoms with Gasteiger partial charge in [0.25, 0.3) is 0 Å². The standard InChI is InChI=1S/C23H31ClN4O2/c1-4-7-28-12-15(25-23(30)27(5-2)6-3)10-16-17-8-14(13-29)9-19-21(17)18(11-20(16)28)22(24)26-19/h8-9,13,15-16,20,26H,4-7,10-12H2,1-3H3,(H,25,30)/t15?,16-,20-/m1/s1. The number of fused-ring (bicyclic) bond motifs is 2. The summed E-state index contributed by atoms with van der Waals surface area (Å²) in [7, 11) is 0. The van der Waals surface area contributed by atoms with E-state index in [1.165, 1.54) is 10.9 Å². The Bertz CT molecular complexity index is 952. The van der Waals surface area contributed by atoms with Gasteiger partial charge < -0.3 is 15.2 Å². The van der Waals surface area contributed by atoms with Crippen LogP contribution in [0, 0.1) is 0 Å². The van der Waals surface area contributed by atoms with Gasteiger partial charge in [0.05, 0.1) is 0 Å². The zero-order valence-corrected chi connectivity index (χ0v) is 18.8. The normalized spacial score (nSPS) is 23.3. The number of carbonyl (C=O) groups is 2. The van der Waals surface area contributed by atoms with Crippen LogP contribution in [0.1, 0.15) is 61.0 Å². The number of urea groups is 1. The van der Waals surface area contributed by atoms with Gasteiger partial charge in [-0.1, -0.05) is 18.5 Å². The van der Waals surface area contributed by atoms with Crippen LogP contribution in [-0.2, 0) is 6.42 Å². The highest BCUT2D eigenvalue weighted by Crippen LogP contribution is 2.46. The Balaban J connectivity index is 1.71. The largest absolute Gasteiger partial charge is 0.345 e. The van der Waals surface area contributed by atoms with Crippen molar-refractivity contribution in [3.05, 3.63) is 34.0 Å². The van der Waals surface area contributed by atoms with Crippen molar-refractivity contribution in [3.63, 3.8) is 0 Å². The molecule has 1 saturated heterocycles. The Kier molecular flexibility index (Phi) is 6.07. The van der Waals surface area contributed by atoms with Crippen LogP contribution in [0.3, 0.4) is 0 Å². The van der Waals surface area contributed by atoms with Gasteiger partial charge in [-0.3, -0.25) is 9.69 Å². The van der Waals surface area contributed by atoms with Crippen molar-refractivity contribution >= 4 is 34.8 Å². The fourth-order valence-electron chi connectivity index (χ4n) is 5.43. The van der Waals surface area contributed by atoms with Crippen LogP contribution >= 0.6 is 11.6 Å². The number of rotatable bonds is 6. The molecule has 2 amide bonds. The van der Waals surface area contributed by atoms with Crippen LogP contribution in [0.15, 0.2) is 12.1 Å². The summed E-state index contributed by atoms with van der Waals surface area (Å²) in [6, 6.07) is 4.33. The lowest BCUT2D eigenvalue weighted by atomic mass is 9.73. The number of hydrogen-bond acceptors (Lipinski definition) is 3. The van der Waals surface area contributed by atoms with Crippen LogP contribution in [0.4, 0.5) is 4.79 Å². The van der Waals surface area contributed by atoms with Crippen molar-refractivity contribution in [1.82, 2.24) is 20.1 Å². The van der Waals surface area contributed by atoms with E-state index in [4.69, 9.17) is 11.6 Å². The maximum Gasteiger partial charge on any atom is 0.317 e. The molecule has 2 heterocycles. The Labute approximate surface area is 182 Å². The van der Waals surface area contributed by atoms with Crippen LogP contribution in [0.25, 0.3) is 10.9 Å². The summed E-state index contributed by atoms with van der Waals surface area (Å²) in [6.07, 6.45) is 3.73. The van der Waals surface area contributed by atoms with Gasteiger partial charge >= 0.3 is 6.03 Å². The first kappa shape index (κ1) is 21.2. The maximum atomic E-state index is 12.7. The fraction of sp³-hybridized carbons (Fsp3) is 0.565. The molecule has 2 aliphatic rings. The van der Waals surface area contributed by atoms with E-state index < -0.39 is 0 Å². The summed E-state index contributed by atoms with van der Waals surface area (Å²) < 4.78 is 0. The molecule has 1 unspecified atom stereocenters. The summed E-state index contributed by atoms with van der Waals surface area (Å²) in [4.78, 5) is 31.9. The van der Waals surface area contributed by atoms with Gasteiger partial charge in [-0.15, -0.1) is 0 Å². The molecule has 7 heteroatoms. The van der Waals surface area contributed by atoms with E-state index in [9.17, 15) is 9.59 Å². The Morgan fingerprint density at radius 1 is 1.33 bits per heavy atom. The fourth-order valence-corrected chi connectivity index (χ4v) is 5.70. The molecule has 2 N–H and O–H groups in total. The molecule has 1 aromatic heterocycles. The number of benzene rings is 1. The Morgan fingerprint density at radius 3 is 2.77 bits per heavy atom. The molecular weight excluding hydrogens is 400 g/mol. The third-order valence-electron chi connectivity index (χ3n) is 6.77. The molecule has 6 nitrogen and oxygen atoms in total. The van der Waals surface area contributed by atoms with Gasteiger partial charge in [-0.25, -0.2) is 4.79 Å². The second-order valence-electron chi connectivity index (χ2n) is 8.50. The molecule has 162 valence electrons. The molecule has 1 fully saturated rings. The quantitative estimate of drug-likeness (QED) is 0.675. The predicted molar refractivity (Wildman–Crippen MR) is 121 cm³/mol. The van der Waals surface area contributed by atoms with Crippen LogP contribution in [0.5, 0.6) is 0 Å². The van der Waals surface area contributed by atoms with Crippen molar-refractivity contribution < 1.29 is 9.59 Å². The van der Waals surface area contributed by atoms with Gasteiger partial charge in [0.2, 0.25) is 0 Å². The maximum absolute atomic E-state index is 12.7. The average Bonchev–Trinajstić information content (AvgIpc) is 3.05. The summed E-state index contributed by atoms with van der Waals surface area (Å²) in [6.45, 7) is 9.42. The zero-order chi connectivity index (χ0) is 21.4. The monoisotopic (exact) mass is 430 g/mol. The SMILES string of the molecule is CCCN1CC(NC(=O)N(CC)CC)C[C@@H]2c3cc(C=O)cc4[nH]c(Cl)c(c34)C[C@H]21. The van der Waals surface area contributed by atoms with Crippen molar-refractivity contribution in [2.75, 3.05) is 26.2 Å². The minimum absolute atomic E-state index is 0.00729. The molecule has 3 atom stereocenters. The first-order chi connectivity index (χ1) is 14.5. The highest BCUT2D eigenvalue weighted by Gasteiger charge is 2.42. The minimum atomic E-state index is 0.00729. The van der Waals surface area contributed by atoms with E-state index in [-0.39, 0.29) is 18.0 Å². The lowest BCUT2D eigenvalue weighted by Crippen LogP contribution is -2.57. The van der Waals surface area contributed by atoms with Gasteiger partial charge in [-0.2, -0.15) is 0 Å². The first-order valence-corrected chi connectivity index (χ1v) is 11.5. The van der Waals surface area contributed by atoms with E-state index in [2.05, 4.69) is 22.1 Å². The van der Waals surface area contributed by atoms with E-state index in [0.29, 0.717) is 29.8 Å². The van der Waals surface area contributed by atoms with Crippen LogP contribution in [0.2, 0.25) is 5.15 Å². The number of H-pyrrole nitrogens is 1. The Morgan fingerprint density at radius 2 is 2.10 bits per heavy atom. The first-order valence-electron chi connectivity index (χ1n) is 11.1. The zero-order valence-electron chi connectivity index (χ0n) is 18.0. The number of aldehydes is 1. The third-order valence-corrected chi connectivity index (χ3v) is 7.09. The highest BCUT2D eigenvalue weighted by atomic mass is 35.5. The van der Waals surface area contributed by atoms with Crippen LogP contribution in [-0.4, -0.2) is 65.4 Å². The molecule has 4 rings (SSSR count). The number of halogens is 1. The number of carbonyl (C=O) groups excluding carboxylic acids is 2. The van der Waals surface area contributed by atoms with Gasteiger partial charge in [0.15, 0.2) is 0 Å². The minimum Gasteiger partial charge on any atom is -0.345 e. The van der Waals surface area contributed by atoms with E-state index in [1.54, 1.807) is 0 Å². The molecule has 1 aliphatic carbocycles. The van der Waals surface area contributed by atoms with Crippen molar-refractivity contribution in [1.29, 1.82) is 0 Å². The number of hydrogen-bond donors (Lipinski definition) is 2. The summed E-state index contributed by atoms with van der Waals surface area (Å²) in [5.41, 5.74) is 3.95. The number of aromatic amines is 1. The second kappa shape index (κ2) is 8.60. The number of aromatic nitrogens is 1. The molecule has 1 aromatic carbocycles. The molecule has 2 aromatic rings. The summed E-state index contributed by atoms with van der Waals surface area (Å²) in [5.74, 6) is 0.258. The van der Waals surface area contributed by atoms with Crippen molar-refractivity contribution in [3.8, 4) is 0 Å². The molecule has 0 spiro atoms. The molecule has 0 saturated carbocycles. The molecule has 30 heavy (non-hydrogen) atoms. The summed E-state index contributed by atoms with van der Waals surface area (Å²) in [5, 5.41) is 5.12. The second-order valence-corrected chi connectivity index (χ2v) is 8.87. The van der Waals surface area contributed by atoms with Crippen molar-refractivity contribution in [2.24, 2.45) is 0 Å². The third kappa shape index (κ3) is 3.60.